The average molecular weight is 305 g/mol. The molecule has 2 aromatic rings. The number of aryl methyl sites for hydroxylation is 1. The van der Waals surface area contributed by atoms with Crippen molar-refractivity contribution in [3.8, 4) is 6.07 Å². The summed E-state index contributed by atoms with van der Waals surface area (Å²) >= 11 is 7.65. The number of nitro benzene ring substituents is 1. The number of halogens is 1. The van der Waals surface area contributed by atoms with Gasteiger partial charge in [0.2, 0.25) is 0 Å². The van der Waals surface area contributed by atoms with Crippen LogP contribution in [0.4, 0.5) is 5.69 Å². The summed E-state index contributed by atoms with van der Waals surface area (Å²) in [6.45, 7) is 1.75. The van der Waals surface area contributed by atoms with Crippen LogP contribution in [-0.2, 0) is 0 Å². The van der Waals surface area contributed by atoms with Gasteiger partial charge < -0.3 is 0 Å². The predicted molar refractivity (Wildman–Crippen MR) is 80.4 cm³/mol. The number of benzene rings is 1. The second kappa shape index (κ2) is 5.87. The van der Waals surface area contributed by atoms with E-state index >= 15 is 0 Å². The van der Waals surface area contributed by atoms with Crippen LogP contribution in [-0.4, -0.2) is 4.92 Å². The highest BCUT2D eigenvalue weighted by molar-refractivity contribution is 7.11. The van der Waals surface area contributed by atoms with E-state index < -0.39 is 4.92 Å². The average Bonchev–Trinajstić information content (AvgIpc) is 2.92. The zero-order valence-corrected chi connectivity index (χ0v) is 12.0. The maximum atomic E-state index is 10.9. The van der Waals surface area contributed by atoms with Crippen LogP contribution in [0.2, 0.25) is 0 Å². The molecular weight excluding hydrogens is 296 g/mol. The van der Waals surface area contributed by atoms with Crippen LogP contribution in [0.1, 0.15) is 16.0 Å². The van der Waals surface area contributed by atoms with Gasteiger partial charge in [0, 0.05) is 22.6 Å². The number of hydrogen-bond donors (Lipinski definition) is 0. The molecule has 0 saturated heterocycles. The summed E-state index contributed by atoms with van der Waals surface area (Å²) in [6, 6.07) is 10.2. The second-order valence-electron chi connectivity index (χ2n) is 4.09. The molecule has 0 amide bonds. The van der Waals surface area contributed by atoms with Crippen molar-refractivity contribution in [2.45, 2.75) is 6.92 Å². The summed E-state index contributed by atoms with van der Waals surface area (Å²) in [5.41, 5.74) is 1.47. The Kier molecular flexibility index (Phi) is 4.18. The van der Waals surface area contributed by atoms with Gasteiger partial charge in [0.15, 0.2) is 0 Å². The molecule has 0 N–H and O–H groups in total. The molecule has 100 valence electrons. The normalized spacial score (nSPS) is 11.7. The third kappa shape index (κ3) is 2.87. The highest BCUT2D eigenvalue weighted by atomic mass is 35.5. The summed E-state index contributed by atoms with van der Waals surface area (Å²) < 4.78 is 0. The molecule has 1 aromatic carbocycles. The van der Waals surface area contributed by atoms with E-state index in [1.807, 2.05) is 11.4 Å². The van der Waals surface area contributed by atoms with Crippen molar-refractivity contribution in [3.63, 3.8) is 0 Å². The Hall–Kier alpha value is -2.16. The molecule has 0 aliphatic carbocycles. The molecule has 0 bridgehead atoms. The lowest BCUT2D eigenvalue weighted by Crippen LogP contribution is -1.92. The number of rotatable bonds is 3. The largest absolute Gasteiger partial charge is 0.270 e. The molecule has 0 radical (unpaired) electrons. The Morgan fingerprint density at radius 3 is 2.75 bits per heavy atom. The second-order valence-corrected chi connectivity index (χ2v) is 5.42. The zero-order chi connectivity index (χ0) is 14.7. The van der Waals surface area contributed by atoms with Gasteiger partial charge in [-0.05, 0) is 30.0 Å². The lowest BCUT2D eigenvalue weighted by atomic mass is 10.1. The number of allylic oxidation sites excluding steroid dienone is 1. The fourth-order valence-electron chi connectivity index (χ4n) is 1.77. The minimum atomic E-state index is -0.474. The summed E-state index contributed by atoms with van der Waals surface area (Å²) in [5.74, 6) is 0. The molecule has 0 aliphatic heterocycles. The minimum Gasteiger partial charge on any atom is -0.258 e. The van der Waals surface area contributed by atoms with Gasteiger partial charge in [-0.3, -0.25) is 10.1 Å². The van der Waals surface area contributed by atoms with Crippen molar-refractivity contribution in [2.24, 2.45) is 0 Å². The SMILES string of the molecule is Cc1cc(/C(Cl)=C(/C#N)c2cccs2)cc([N+](=O)[O-])c1. The first kappa shape index (κ1) is 14.3. The summed E-state index contributed by atoms with van der Waals surface area (Å²) in [6.07, 6.45) is 0. The van der Waals surface area contributed by atoms with Gasteiger partial charge in [-0.2, -0.15) is 5.26 Å². The highest BCUT2D eigenvalue weighted by Gasteiger charge is 2.14. The zero-order valence-electron chi connectivity index (χ0n) is 10.5. The van der Waals surface area contributed by atoms with Crippen molar-refractivity contribution in [2.75, 3.05) is 0 Å². The Labute approximate surface area is 124 Å². The quantitative estimate of drug-likeness (QED) is 0.473. The van der Waals surface area contributed by atoms with E-state index in [1.165, 1.54) is 23.5 Å². The molecule has 0 fully saturated rings. The number of non-ortho nitro benzene ring substituents is 1. The number of nitriles is 1. The Bertz CT molecular complexity index is 730. The number of thiophene rings is 1. The first-order chi connectivity index (χ1) is 9.52. The third-order valence-corrected chi connectivity index (χ3v) is 3.92. The molecule has 2 rings (SSSR count). The lowest BCUT2D eigenvalue weighted by molar-refractivity contribution is -0.384. The summed E-state index contributed by atoms with van der Waals surface area (Å²) in [5, 5.41) is 22.2. The molecule has 1 aromatic heterocycles. The van der Waals surface area contributed by atoms with Gasteiger partial charge >= 0.3 is 0 Å². The standard InChI is InChI=1S/C14H9ClN2O2S/c1-9-5-10(7-11(6-9)17(18)19)14(15)12(8-16)13-3-2-4-20-13/h2-7H,1H3/b14-12+. The van der Waals surface area contributed by atoms with Gasteiger partial charge in [0.1, 0.15) is 6.07 Å². The van der Waals surface area contributed by atoms with Crippen molar-refractivity contribution in [1.29, 1.82) is 5.26 Å². The van der Waals surface area contributed by atoms with Crippen molar-refractivity contribution in [3.05, 3.63) is 61.8 Å². The van der Waals surface area contributed by atoms with E-state index in [-0.39, 0.29) is 10.7 Å². The smallest absolute Gasteiger partial charge is 0.258 e. The molecule has 0 aliphatic rings. The molecule has 1 heterocycles. The lowest BCUT2D eigenvalue weighted by Gasteiger charge is -2.04. The van der Waals surface area contributed by atoms with Gasteiger partial charge in [-0.25, -0.2) is 0 Å². The highest BCUT2D eigenvalue weighted by Crippen LogP contribution is 2.33. The number of nitrogens with zero attached hydrogens (tertiary/aromatic N) is 2. The van der Waals surface area contributed by atoms with E-state index in [4.69, 9.17) is 11.6 Å². The molecule has 20 heavy (non-hydrogen) atoms. The Balaban J connectivity index is 2.60. The van der Waals surface area contributed by atoms with Crippen molar-refractivity contribution in [1.82, 2.24) is 0 Å². The van der Waals surface area contributed by atoms with Crippen LogP contribution in [0.3, 0.4) is 0 Å². The fraction of sp³-hybridized carbons (Fsp3) is 0.0714. The third-order valence-electron chi connectivity index (χ3n) is 2.63. The minimum absolute atomic E-state index is 0.0402. The summed E-state index contributed by atoms with van der Waals surface area (Å²) in [7, 11) is 0. The molecule has 0 spiro atoms. The Morgan fingerprint density at radius 2 is 2.20 bits per heavy atom. The number of nitro groups is 1. The maximum Gasteiger partial charge on any atom is 0.270 e. The monoisotopic (exact) mass is 304 g/mol. The van der Waals surface area contributed by atoms with Gasteiger partial charge in [0.25, 0.3) is 5.69 Å². The molecule has 0 saturated carbocycles. The van der Waals surface area contributed by atoms with Crippen LogP contribution < -0.4 is 0 Å². The summed E-state index contributed by atoms with van der Waals surface area (Å²) in [4.78, 5) is 11.1. The predicted octanol–water partition coefficient (Wildman–Crippen LogP) is 4.60. The van der Waals surface area contributed by atoms with E-state index in [9.17, 15) is 15.4 Å². The van der Waals surface area contributed by atoms with Crippen LogP contribution in [0, 0.1) is 28.4 Å². The molecule has 6 heteroatoms. The van der Waals surface area contributed by atoms with Crippen molar-refractivity contribution >= 4 is 39.2 Å². The van der Waals surface area contributed by atoms with E-state index in [0.29, 0.717) is 11.1 Å². The van der Waals surface area contributed by atoms with E-state index in [0.717, 1.165) is 10.4 Å². The van der Waals surface area contributed by atoms with Crippen LogP contribution in [0.5, 0.6) is 0 Å². The fourth-order valence-corrected chi connectivity index (χ4v) is 2.81. The molecule has 0 atom stereocenters. The van der Waals surface area contributed by atoms with Crippen molar-refractivity contribution < 1.29 is 4.92 Å². The van der Waals surface area contributed by atoms with E-state index in [2.05, 4.69) is 6.07 Å². The molecule has 0 unspecified atom stereocenters. The Morgan fingerprint density at radius 1 is 1.45 bits per heavy atom. The van der Waals surface area contributed by atoms with Crippen LogP contribution in [0.15, 0.2) is 35.7 Å². The first-order valence-electron chi connectivity index (χ1n) is 5.63. The maximum absolute atomic E-state index is 10.9. The molecule has 4 nitrogen and oxygen atoms in total. The molecular formula is C14H9ClN2O2S. The first-order valence-corrected chi connectivity index (χ1v) is 6.89. The van der Waals surface area contributed by atoms with E-state index in [1.54, 1.807) is 19.1 Å². The number of hydrogen-bond acceptors (Lipinski definition) is 4. The van der Waals surface area contributed by atoms with Gasteiger partial charge in [-0.15, -0.1) is 11.3 Å². The van der Waals surface area contributed by atoms with Crippen LogP contribution >= 0.6 is 22.9 Å². The van der Waals surface area contributed by atoms with Gasteiger partial charge in [-0.1, -0.05) is 17.7 Å². The van der Waals surface area contributed by atoms with Gasteiger partial charge in [0.05, 0.1) is 15.5 Å². The topological polar surface area (TPSA) is 66.9 Å². The van der Waals surface area contributed by atoms with Crippen LogP contribution in [0.25, 0.3) is 10.6 Å².